The highest BCUT2D eigenvalue weighted by Gasteiger charge is 2.10. The number of nitrogens with one attached hydrogen (secondary N) is 1. The fourth-order valence-electron chi connectivity index (χ4n) is 1.44. The maximum atomic E-state index is 11.9. The van der Waals surface area contributed by atoms with Gasteiger partial charge in [0.15, 0.2) is 0 Å². The first-order valence-electron chi connectivity index (χ1n) is 5.49. The summed E-state index contributed by atoms with van der Waals surface area (Å²) in [5.74, 6) is -1.49. The third-order valence-corrected chi connectivity index (χ3v) is 2.53. The second-order valence-corrected chi connectivity index (χ2v) is 3.88. The van der Waals surface area contributed by atoms with E-state index in [2.05, 4.69) is 15.3 Å². The summed E-state index contributed by atoms with van der Waals surface area (Å²) in [6, 6.07) is 4.47. The van der Waals surface area contributed by atoms with E-state index in [9.17, 15) is 9.59 Å². The Labute approximate surface area is 109 Å². The highest BCUT2D eigenvalue weighted by molar-refractivity contribution is 6.03. The van der Waals surface area contributed by atoms with Crippen molar-refractivity contribution in [2.75, 3.05) is 5.32 Å². The molecule has 0 saturated carbocycles. The van der Waals surface area contributed by atoms with Gasteiger partial charge in [0.25, 0.3) is 5.91 Å². The van der Waals surface area contributed by atoms with E-state index in [1.807, 2.05) is 6.92 Å². The zero-order valence-corrected chi connectivity index (χ0v) is 10.1. The summed E-state index contributed by atoms with van der Waals surface area (Å²) in [6.45, 7) is 1.85. The molecule has 0 bridgehead atoms. The van der Waals surface area contributed by atoms with Crippen molar-refractivity contribution < 1.29 is 14.7 Å². The predicted octanol–water partition coefficient (Wildman–Crippen LogP) is 1.74. The van der Waals surface area contributed by atoms with Gasteiger partial charge in [-0.3, -0.25) is 14.8 Å². The average Bonchev–Trinajstić information content (AvgIpc) is 2.41. The van der Waals surface area contributed by atoms with E-state index in [1.54, 1.807) is 18.5 Å². The molecule has 96 valence electrons. The molecule has 2 N–H and O–H groups in total. The third kappa shape index (κ3) is 2.92. The van der Waals surface area contributed by atoms with Gasteiger partial charge in [-0.25, -0.2) is 4.79 Å². The molecule has 0 aromatic carbocycles. The number of nitrogens with zero attached hydrogens (tertiary/aromatic N) is 2. The van der Waals surface area contributed by atoms with E-state index in [-0.39, 0.29) is 11.3 Å². The topological polar surface area (TPSA) is 92.2 Å². The lowest BCUT2D eigenvalue weighted by Gasteiger charge is -2.06. The van der Waals surface area contributed by atoms with Crippen molar-refractivity contribution in [3.63, 3.8) is 0 Å². The lowest BCUT2D eigenvalue weighted by molar-refractivity contribution is 0.0696. The highest BCUT2D eigenvalue weighted by atomic mass is 16.4. The van der Waals surface area contributed by atoms with Crippen LogP contribution in [0.3, 0.4) is 0 Å². The van der Waals surface area contributed by atoms with Crippen LogP contribution in [-0.2, 0) is 0 Å². The van der Waals surface area contributed by atoms with Crippen molar-refractivity contribution in [2.24, 2.45) is 0 Å². The summed E-state index contributed by atoms with van der Waals surface area (Å²) in [7, 11) is 0. The van der Waals surface area contributed by atoms with Gasteiger partial charge in [0.2, 0.25) is 0 Å². The van der Waals surface area contributed by atoms with Crippen LogP contribution in [0.4, 0.5) is 5.69 Å². The standard InChI is InChI=1S/C13H11N3O3/c1-8-4-5-14-7-11(8)16-12(17)10-3-2-9(6-15-10)13(18)19/h2-7H,1H3,(H,16,17)(H,18,19). The van der Waals surface area contributed by atoms with Crippen LogP contribution in [0.15, 0.2) is 36.8 Å². The van der Waals surface area contributed by atoms with Crippen molar-refractivity contribution in [1.82, 2.24) is 9.97 Å². The number of hydrogen-bond acceptors (Lipinski definition) is 4. The lowest BCUT2D eigenvalue weighted by atomic mass is 10.2. The number of anilines is 1. The Bertz CT molecular complexity index is 623. The van der Waals surface area contributed by atoms with Crippen molar-refractivity contribution in [3.05, 3.63) is 53.6 Å². The summed E-state index contributed by atoms with van der Waals surface area (Å²) >= 11 is 0. The van der Waals surface area contributed by atoms with E-state index in [0.717, 1.165) is 11.8 Å². The molecule has 0 unspecified atom stereocenters. The van der Waals surface area contributed by atoms with Gasteiger partial charge in [-0.2, -0.15) is 0 Å². The number of carboxylic acid groups (broad SMARTS) is 1. The van der Waals surface area contributed by atoms with Crippen molar-refractivity contribution in [1.29, 1.82) is 0 Å². The normalized spacial score (nSPS) is 9.95. The highest BCUT2D eigenvalue weighted by Crippen LogP contribution is 2.12. The molecule has 1 amide bonds. The number of aromatic nitrogens is 2. The van der Waals surface area contributed by atoms with Crippen LogP contribution < -0.4 is 5.32 Å². The molecule has 2 aromatic rings. The van der Waals surface area contributed by atoms with E-state index in [0.29, 0.717) is 5.69 Å². The smallest absolute Gasteiger partial charge is 0.337 e. The number of carbonyl (C=O) groups excluding carboxylic acids is 1. The number of aromatic carboxylic acids is 1. The minimum Gasteiger partial charge on any atom is -0.478 e. The van der Waals surface area contributed by atoms with Gasteiger partial charge in [-0.05, 0) is 30.7 Å². The van der Waals surface area contributed by atoms with E-state index in [1.165, 1.54) is 12.1 Å². The number of carbonyl (C=O) groups is 2. The molecule has 6 heteroatoms. The summed E-state index contributed by atoms with van der Waals surface area (Å²) in [5, 5.41) is 11.4. The zero-order chi connectivity index (χ0) is 13.8. The van der Waals surface area contributed by atoms with E-state index in [4.69, 9.17) is 5.11 Å². The van der Waals surface area contributed by atoms with Crippen LogP contribution >= 0.6 is 0 Å². The number of carboxylic acids is 1. The van der Waals surface area contributed by atoms with Gasteiger partial charge in [0, 0.05) is 12.4 Å². The van der Waals surface area contributed by atoms with Gasteiger partial charge in [0.1, 0.15) is 5.69 Å². The molecule has 0 saturated heterocycles. The first-order valence-corrected chi connectivity index (χ1v) is 5.49. The predicted molar refractivity (Wildman–Crippen MR) is 68.1 cm³/mol. The van der Waals surface area contributed by atoms with E-state index >= 15 is 0 Å². The largest absolute Gasteiger partial charge is 0.478 e. The number of hydrogen-bond donors (Lipinski definition) is 2. The third-order valence-electron chi connectivity index (χ3n) is 2.53. The molecule has 2 heterocycles. The Hall–Kier alpha value is -2.76. The Morgan fingerprint density at radius 3 is 2.58 bits per heavy atom. The molecule has 0 radical (unpaired) electrons. The molecular formula is C13H11N3O3. The van der Waals surface area contributed by atoms with Gasteiger partial charge in [0.05, 0.1) is 17.4 Å². The monoisotopic (exact) mass is 257 g/mol. The molecule has 0 aliphatic carbocycles. The van der Waals surface area contributed by atoms with Crippen LogP contribution in [0.5, 0.6) is 0 Å². The first kappa shape index (κ1) is 12.7. The van der Waals surface area contributed by atoms with Crippen LogP contribution in [0.2, 0.25) is 0 Å². The molecule has 2 rings (SSSR count). The molecule has 0 fully saturated rings. The summed E-state index contributed by atoms with van der Waals surface area (Å²) in [6.07, 6.45) is 4.32. The molecule has 0 atom stereocenters. The number of rotatable bonds is 3. The summed E-state index contributed by atoms with van der Waals surface area (Å²) in [5.41, 5.74) is 1.66. The summed E-state index contributed by atoms with van der Waals surface area (Å²) < 4.78 is 0. The fraction of sp³-hybridized carbons (Fsp3) is 0.0769. The van der Waals surface area contributed by atoms with Gasteiger partial charge >= 0.3 is 5.97 Å². The van der Waals surface area contributed by atoms with Crippen LogP contribution in [0.25, 0.3) is 0 Å². The first-order chi connectivity index (χ1) is 9.08. The second-order valence-electron chi connectivity index (χ2n) is 3.88. The number of pyridine rings is 2. The molecule has 6 nitrogen and oxygen atoms in total. The Morgan fingerprint density at radius 1 is 1.21 bits per heavy atom. The molecule has 19 heavy (non-hydrogen) atoms. The van der Waals surface area contributed by atoms with E-state index < -0.39 is 11.9 Å². The van der Waals surface area contributed by atoms with Gasteiger partial charge in [-0.1, -0.05) is 0 Å². The van der Waals surface area contributed by atoms with Crippen LogP contribution in [0, 0.1) is 6.92 Å². The fourth-order valence-corrected chi connectivity index (χ4v) is 1.44. The number of aryl methyl sites for hydroxylation is 1. The van der Waals surface area contributed by atoms with Crippen molar-refractivity contribution >= 4 is 17.6 Å². The maximum Gasteiger partial charge on any atom is 0.337 e. The maximum absolute atomic E-state index is 11.9. The lowest BCUT2D eigenvalue weighted by Crippen LogP contribution is -2.15. The quantitative estimate of drug-likeness (QED) is 0.873. The molecule has 0 spiro atoms. The minimum atomic E-state index is -1.08. The molecular weight excluding hydrogens is 246 g/mol. The van der Waals surface area contributed by atoms with Gasteiger partial charge < -0.3 is 10.4 Å². The molecule has 0 aliphatic heterocycles. The Balaban J connectivity index is 2.16. The van der Waals surface area contributed by atoms with Crippen molar-refractivity contribution in [2.45, 2.75) is 6.92 Å². The summed E-state index contributed by atoms with van der Waals surface area (Å²) in [4.78, 5) is 30.3. The average molecular weight is 257 g/mol. The number of amides is 1. The molecule has 2 aromatic heterocycles. The Kier molecular flexibility index (Phi) is 3.51. The SMILES string of the molecule is Cc1ccncc1NC(=O)c1ccc(C(=O)O)cn1. The minimum absolute atomic E-state index is 0.0362. The zero-order valence-electron chi connectivity index (χ0n) is 10.1. The van der Waals surface area contributed by atoms with Crippen LogP contribution in [0.1, 0.15) is 26.4 Å². The van der Waals surface area contributed by atoms with Gasteiger partial charge in [-0.15, -0.1) is 0 Å². The van der Waals surface area contributed by atoms with Crippen molar-refractivity contribution in [3.8, 4) is 0 Å². The second kappa shape index (κ2) is 5.26. The van der Waals surface area contributed by atoms with Crippen LogP contribution in [-0.4, -0.2) is 27.0 Å². The molecule has 0 aliphatic rings. The Morgan fingerprint density at radius 2 is 2.00 bits per heavy atom.